The van der Waals surface area contributed by atoms with Gasteiger partial charge in [-0.15, -0.1) is 0 Å². The van der Waals surface area contributed by atoms with Crippen LogP contribution < -0.4 is 9.46 Å². The number of ether oxygens (including phenoxy) is 2. The van der Waals surface area contributed by atoms with Crippen LogP contribution in [0.25, 0.3) is 0 Å². The fraction of sp³-hybridized carbons (Fsp3) is 0.533. The largest absolute Gasteiger partial charge is 0.457 e. The summed E-state index contributed by atoms with van der Waals surface area (Å²) in [5.74, 6) is 0.437. The van der Waals surface area contributed by atoms with Gasteiger partial charge in [0.05, 0.1) is 4.90 Å². The van der Waals surface area contributed by atoms with Gasteiger partial charge in [-0.3, -0.25) is 0 Å². The van der Waals surface area contributed by atoms with Crippen LogP contribution in [0.1, 0.15) is 26.2 Å². The number of benzene rings is 1. The summed E-state index contributed by atoms with van der Waals surface area (Å²) in [6, 6.07) is 5.94. The zero-order valence-corrected chi connectivity index (χ0v) is 14.0. The van der Waals surface area contributed by atoms with Crippen LogP contribution in [0.5, 0.6) is 5.75 Å². The van der Waals surface area contributed by atoms with Crippen LogP contribution in [0.15, 0.2) is 29.2 Å². The Kier molecular flexibility index (Phi) is 6.23. The Bertz CT molecular complexity index is 609. The molecule has 1 N–H and O–H groups in total. The molecular formula is C15H22N2O5S. The number of carbonyl (C=O) groups is 1. The van der Waals surface area contributed by atoms with Crippen molar-refractivity contribution in [2.24, 2.45) is 0 Å². The van der Waals surface area contributed by atoms with E-state index in [4.69, 9.17) is 9.47 Å². The van der Waals surface area contributed by atoms with Gasteiger partial charge in [0.2, 0.25) is 16.8 Å². The van der Waals surface area contributed by atoms with E-state index in [2.05, 4.69) is 4.72 Å². The molecule has 23 heavy (non-hydrogen) atoms. The predicted octanol–water partition coefficient (Wildman–Crippen LogP) is 1.94. The summed E-state index contributed by atoms with van der Waals surface area (Å²) >= 11 is 0. The van der Waals surface area contributed by atoms with Crippen molar-refractivity contribution >= 4 is 16.1 Å². The molecule has 7 nitrogen and oxygen atoms in total. The lowest BCUT2D eigenvalue weighted by Crippen LogP contribution is -2.36. The molecule has 0 aromatic heterocycles. The van der Waals surface area contributed by atoms with Gasteiger partial charge in [0.15, 0.2) is 0 Å². The van der Waals surface area contributed by atoms with Gasteiger partial charge in [-0.1, -0.05) is 6.92 Å². The quantitative estimate of drug-likeness (QED) is 0.799. The summed E-state index contributed by atoms with van der Waals surface area (Å²) in [6.45, 7) is 3.28. The maximum absolute atomic E-state index is 11.8. The summed E-state index contributed by atoms with van der Waals surface area (Å²) in [7, 11) is -3.47. The van der Waals surface area contributed by atoms with Gasteiger partial charge in [-0.2, -0.15) is 0 Å². The first-order valence-electron chi connectivity index (χ1n) is 7.67. The van der Waals surface area contributed by atoms with Crippen molar-refractivity contribution in [2.45, 2.75) is 31.1 Å². The number of amides is 1. The highest BCUT2D eigenvalue weighted by Crippen LogP contribution is 2.16. The fourth-order valence-corrected chi connectivity index (χ4v) is 3.35. The van der Waals surface area contributed by atoms with E-state index in [1.165, 1.54) is 24.3 Å². The number of likely N-dealkylation sites (tertiary alicyclic amines) is 1. The van der Waals surface area contributed by atoms with Crippen molar-refractivity contribution in [1.82, 2.24) is 9.62 Å². The smallest absolute Gasteiger partial charge is 0.412 e. The minimum absolute atomic E-state index is 0.164. The van der Waals surface area contributed by atoms with E-state index in [1.54, 1.807) is 11.8 Å². The van der Waals surface area contributed by atoms with E-state index < -0.39 is 10.0 Å². The molecule has 0 bridgehead atoms. The molecule has 0 unspecified atom stereocenters. The third kappa shape index (κ3) is 5.11. The second kappa shape index (κ2) is 8.16. The van der Waals surface area contributed by atoms with Gasteiger partial charge in [0, 0.05) is 19.6 Å². The number of hydrogen-bond donors (Lipinski definition) is 1. The molecule has 0 spiro atoms. The molecular weight excluding hydrogens is 320 g/mol. The Morgan fingerprint density at radius 2 is 1.83 bits per heavy atom. The van der Waals surface area contributed by atoms with E-state index in [0.717, 1.165) is 32.4 Å². The van der Waals surface area contributed by atoms with Crippen molar-refractivity contribution in [1.29, 1.82) is 0 Å². The second-order valence-corrected chi connectivity index (χ2v) is 6.96. The lowest BCUT2D eigenvalue weighted by molar-refractivity contribution is 0.0316. The molecule has 1 aromatic carbocycles. The van der Waals surface area contributed by atoms with Crippen molar-refractivity contribution in [2.75, 3.05) is 26.4 Å². The van der Waals surface area contributed by atoms with Crippen LogP contribution in [0.4, 0.5) is 4.79 Å². The number of nitrogens with zero attached hydrogens (tertiary/aromatic N) is 1. The zero-order valence-electron chi connectivity index (χ0n) is 13.2. The molecule has 1 aliphatic heterocycles. The average Bonchev–Trinajstić information content (AvgIpc) is 2.56. The Morgan fingerprint density at radius 1 is 1.17 bits per heavy atom. The molecule has 8 heteroatoms. The van der Waals surface area contributed by atoms with Crippen molar-refractivity contribution in [3.63, 3.8) is 0 Å². The minimum atomic E-state index is -3.47. The van der Waals surface area contributed by atoms with Gasteiger partial charge < -0.3 is 14.4 Å². The SMILES string of the molecule is CCNS(=O)(=O)c1ccc(OCOC(=O)N2CCCCC2)cc1. The van der Waals surface area contributed by atoms with Gasteiger partial charge in [-0.05, 0) is 43.5 Å². The average molecular weight is 342 g/mol. The van der Waals surface area contributed by atoms with Crippen LogP contribution in [-0.2, 0) is 14.8 Å². The van der Waals surface area contributed by atoms with Crippen molar-refractivity contribution in [3.05, 3.63) is 24.3 Å². The Labute approximate surface area is 136 Å². The Morgan fingerprint density at radius 3 is 2.43 bits per heavy atom. The molecule has 0 atom stereocenters. The zero-order chi connectivity index (χ0) is 16.7. The number of nitrogens with one attached hydrogen (secondary N) is 1. The summed E-state index contributed by atoms with van der Waals surface area (Å²) < 4.78 is 36.4. The Hall–Kier alpha value is -1.80. The molecule has 2 rings (SSSR count). The first-order chi connectivity index (χ1) is 11.0. The van der Waals surface area contributed by atoms with E-state index in [0.29, 0.717) is 12.3 Å². The van der Waals surface area contributed by atoms with E-state index in [-0.39, 0.29) is 17.8 Å². The molecule has 1 saturated heterocycles. The molecule has 1 aromatic rings. The summed E-state index contributed by atoms with van der Waals surface area (Å²) in [5.41, 5.74) is 0. The standard InChI is InChI=1S/C15H22N2O5S/c1-2-16-23(19,20)14-8-6-13(7-9-14)21-12-22-15(18)17-10-4-3-5-11-17/h6-9,16H,2-5,10-12H2,1H3. The normalized spacial score (nSPS) is 15.3. The third-order valence-electron chi connectivity index (χ3n) is 3.49. The van der Waals surface area contributed by atoms with Crippen LogP contribution >= 0.6 is 0 Å². The maximum Gasteiger partial charge on any atom is 0.412 e. The first kappa shape index (κ1) is 17.6. The highest BCUT2D eigenvalue weighted by atomic mass is 32.2. The Balaban J connectivity index is 1.81. The third-order valence-corrected chi connectivity index (χ3v) is 5.05. The molecule has 1 amide bonds. The lowest BCUT2D eigenvalue weighted by Gasteiger charge is -2.25. The van der Waals surface area contributed by atoms with Crippen LogP contribution in [-0.4, -0.2) is 45.8 Å². The van der Waals surface area contributed by atoms with E-state index in [1.807, 2.05) is 0 Å². The molecule has 128 valence electrons. The highest BCUT2D eigenvalue weighted by Gasteiger charge is 2.17. The van der Waals surface area contributed by atoms with E-state index >= 15 is 0 Å². The van der Waals surface area contributed by atoms with Gasteiger partial charge >= 0.3 is 6.09 Å². The monoisotopic (exact) mass is 342 g/mol. The number of rotatable bonds is 6. The first-order valence-corrected chi connectivity index (χ1v) is 9.15. The number of carbonyl (C=O) groups excluding carboxylic acids is 1. The highest BCUT2D eigenvalue weighted by molar-refractivity contribution is 7.89. The predicted molar refractivity (Wildman–Crippen MR) is 84.7 cm³/mol. The van der Waals surface area contributed by atoms with E-state index in [9.17, 15) is 13.2 Å². The topological polar surface area (TPSA) is 84.9 Å². The number of sulfonamides is 1. The van der Waals surface area contributed by atoms with Crippen LogP contribution in [0.2, 0.25) is 0 Å². The maximum atomic E-state index is 11.8. The molecule has 0 saturated carbocycles. The minimum Gasteiger partial charge on any atom is -0.457 e. The number of piperidine rings is 1. The summed E-state index contributed by atoms with van der Waals surface area (Å²) in [6.07, 6.45) is 2.76. The molecule has 1 fully saturated rings. The van der Waals surface area contributed by atoms with Gasteiger partial charge in [-0.25, -0.2) is 17.9 Å². The van der Waals surface area contributed by atoms with Crippen LogP contribution in [0, 0.1) is 0 Å². The lowest BCUT2D eigenvalue weighted by atomic mass is 10.1. The molecule has 1 heterocycles. The molecule has 0 aliphatic carbocycles. The van der Waals surface area contributed by atoms with Crippen LogP contribution in [0.3, 0.4) is 0 Å². The molecule has 0 radical (unpaired) electrons. The number of hydrogen-bond acceptors (Lipinski definition) is 5. The fourth-order valence-electron chi connectivity index (χ4n) is 2.30. The van der Waals surface area contributed by atoms with Crippen molar-refractivity contribution in [3.8, 4) is 5.75 Å². The van der Waals surface area contributed by atoms with Crippen molar-refractivity contribution < 1.29 is 22.7 Å². The summed E-state index contributed by atoms with van der Waals surface area (Å²) in [4.78, 5) is 13.6. The summed E-state index contributed by atoms with van der Waals surface area (Å²) in [5, 5.41) is 0. The second-order valence-electron chi connectivity index (χ2n) is 5.19. The van der Waals surface area contributed by atoms with Gasteiger partial charge in [0.1, 0.15) is 5.75 Å². The molecule has 1 aliphatic rings. The van der Waals surface area contributed by atoms with Gasteiger partial charge in [0.25, 0.3) is 0 Å².